The van der Waals surface area contributed by atoms with E-state index >= 15 is 0 Å². The second-order valence-electron chi connectivity index (χ2n) is 4.32. The normalized spacial score (nSPS) is 10.9. The average Bonchev–Trinajstić information content (AvgIpc) is 2.82. The zero-order valence-electron chi connectivity index (χ0n) is 9.93. The Morgan fingerprint density at radius 1 is 0.882 bits per heavy atom. The van der Waals surface area contributed by atoms with Crippen molar-refractivity contribution >= 4 is 5.52 Å². The molecule has 17 heavy (non-hydrogen) atoms. The molecule has 0 spiro atoms. The fourth-order valence-corrected chi connectivity index (χ4v) is 2.15. The van der Waals surface area contributed by atoms with Crippen molar-refractivity contribution in [3.63, 3.8) is 0 Å². The molecule has 0 N–H and O–H groups in total. The summed E-state index contributed by atoms with van der Waals surface area (Å²) >= 11 is 0. The highest BCUT2D eigenvalue weighted by molar-refractivity contribution is 5.70. The van der Waals surface area contributed by atoms with Crippen molar-refractivity contribution < 1.29 is 0 Å². The lowest BCUT2D eigenvalue weighted by Crippen LogP contribution is -1.85. The van der Waals surface area contributed by atoms with Gasteiger partial charge in [-0.25, -0.2) is 0 Å². The van der Waals surface area contributed by atoms with E-state index < -0.39 is 0 Å². The van der Waals surface area contributed by atoms with Gasteiger partial charge in [0.05, 0.1) is 0 Å². The third kappa shape index (κ3) is 1.84. The first-order valence-corrected chi connectivity index (χ1v) is 6.03. The lowest BCUT2D eigenvalue weighted by molar-refractivity contribution is 1.07. The van der Waals surface area contributed by atoms with Gasteiger partial charge in [0, 0.05) is 23.5 Å². The third-order valence-corrected chi connectivity index (χ3v) is 3.17. The minimum Gasteiger partial charge on any atom is -0.323 e. The number of hydrogen-bond donors (Lipinski definition) is 0. The molecule has 0 fully saturated rings. The van der Waals surface area contributed by atoms with Crippen molar-refractivity contribution in [2.24, 2.45) is 0 Å². The third-order valence-electron chi connectivity index (χ3n) is 3.17. The number of fused-ring (bicyclic) bond motifs is 1. The molecule has 3 rings (SSSR count). The standard InChI is InChI=1S/C16H15N/c1-2-13-8-9-16-10-15(12-17(16)11-13)14-6-4-3-5-7-14/h3-12H,2H2,1H3. The summed E-state index contributed by atoms with van der Waals surface area (Å²) in [7, 11) is 0. The van der Waals surface area contributed by atoms with E-state index in [1.807, 2.05) is 0 Å². The quantitative estimate of drug-likeness (QED) is 0.612. The summed E-state index contributed by atoms with van der Waals surface area (Å²) in [6, 6.07) is 17.1. The average molecular weight is 221 g/mol. The van der Waals surface area contributed by atoms with Gasteiger partial charge in [0.25, 0.3) is 0 Å². The van der Waals surface area contributed by atoms with Gasteiger partial charge in [-0.1, -0.05) is 43.3 Å². The molecule has 0 aliphatic rings. The molecule has 2 heterocycles. The summed E-state index contributed by atoms with van der Waals surface area (Å²) in [5.41, 5.74) is 5.17. The maximum atomic E-state index is 2.23. The van der Waals surface area contributed by atoms with E-state index in [1.165, 1.54) is 22.2 Å². The molecule has 84 valence electrons. The molecule has 0 radical (unpaired) electrons. The number of rotatable bonds is 2. The topological polar surface area (TPSA) is 4.41 Å². The van der Waals surface area contributed by atoms with E-state index in [1.54, 1.807) is 0 Å². The Morgan fingerprint density at radius 3 is 2.47 bits per heavy atom. The van der Waals surface area contributed by atoms with E-state index in [0.717, 1.165) is 6.42 Å². The Bertz CT molecular complexity index is 635. The largest absolute Gasteiger partial charge is 0.323 e. The van der Waals surface area contributed by atoms with E-state index in [-0.39, 0.29) is 0 Å². The number of pyridine rings is 1. The first-order chi connectivity index (χ1) is 8.36. The molecule has 1 aromatic carbocycles. The number of nitrogens with zero attached hydrogens (tertiary/aromatic N) is 1. The SMILES string of the molecule is CCc1ccc2cc(-c3ccccc3)cn2c1. The van der Waals surface area contributed by atoms with Gasteiger partial charge in [-0.05, 0) is 29.7 Å². The molecule has 0 amide bonds. The number of aryl methyl sites for hydroxylation is 1. The summed E-state index contributed by atoms with van der Waals surface area (Å²) in [5, 5.41) is 0. The first-order valence-electron chi connectivity index (χ1n) is 6.03. The molecule has 0 saturated carbocycles. The molecule has 0 atom stereocenters. The predicted molar refractivity (Wildman–Crippen MR) is 72.2 cm³/mol. The van der Waals surface area contributed by atoms with E-state index in [0.29, 0.717) is 0 Å². The van der Waals surface area contributed by atoms with E-state index in [9.17, 15) is 0 Å². The molecule has 0 aliphatic carbocycles. The van der Waals surface area contributed by atoms with Crippen molar-refractivity contribution in [1.82, 2.24) is 4.40 Å². The van der Waals surface area contributed by atoms with E-state index in [4.69, 9.17) is 0 Å². The van der Waals surface area contributed by atoms with Crippen LogP contribution in [0.25, 0.3) is 16.6 Å². The lowest BCUT2D eigenvalue weighted by Gasteiger charge is -1.98. The van der Waals surface area contributed by atoms with Crippen LogP contribution in [-0.4, -0.2) is 4.40 Å². The van der Waals surface area contributed by atoms with Crippen molar-refractivity contribution in [2.45, 2.75) is 13.3 Å². The molecule has 0 unspecified atom stereocenters. The lowest BCUT2D eigenvalue weighted by atomic mass is 10.1. The summed E-state index contributed by atoms with van der Waals surface area (Å²) in [6.07, 6.45) is 5.49. The highest BCUT2D eigenvalue weighted by Crippen LogP contribution is 2.22. The summed E-state index contributed by atoms with van der Waals surface area (Å²) in [6.45, 7) is 2.18. The first kappa shape index (κ1) is 10.2. The Labute approximate surface area is 101 Å². The van der Waals surface area contributed by atoms with Gasteiger partial charge in [-0.2, -0.15) is 0 Å². The maximum absolute atomic E-state index is 2.23. The van der Waals surface area contributed by atoms with Crippen LogP contribution in [0.15, 0.2) is 60.9 Å². The van der Waals surface area contributed by atoms with Gasteiger partial charge in [-0.15, -0.1) is 0 Å². The fraction of sp³-hybridized carbons (Fsp3) is 0.125. The van der Waals surface area contributed by atoms with Crippen molar-refractivity contribution in [2.75, 3.05) is 0 Å². The maximum Gasteiger partial charge on any atom is 0.0456 e. The van der Waals surface area contributed by atoms with Crippen LogP contribution in [0.2, 0.25) is 0 Å². The molecular formula is C16H15N. The second-order valence-corrected chi connectivity index (χ2v) is 4.32. The molecule has 0 saturated heterocycles. The van der Waals surface area contributed by atoms with Crippen LogP contribution in [0.3, 0.4) is 0 Å². The number of aromatic nitrogens is 1. The Hall–Kier alpha value is -2.02. The van der Waals surface area contributed by atoms with Crippen LogP contribution in [0, 0.1) is 0 Å². The van der Waals surface area contributed by atoms with Crippen LogP contribution in [0.1, 0.15) is 12.5 Å². The highest BCUT2D eigenvalue weighted by atomic mass is 14.9. The van der Waals surface area contributed by atoms with Gasteiger partial charge in [0.1, 0.15) is 0 Å². The van der Waals surface area contributed by atoms with Gasteiger partial charge >= 0.3 is 0 Å². The Kier molecular flexibility index (Phi) is 2.45. The Morgan fingerprint density at radius 2 is 1.71 bits per heavy atom. The van der Waals surface area contributed by atoms with Gasteiger partial charge in [0.15, 0.2) is 0 Å². The zero-order chi connectivity index (χ0) is 11.7. The molecular weight excluding hydrogens is 206 g/mol. The van der Waals surface area contributed by atoms with Crippen LogP contribution in [0.5, 0.6) is 0 Å². The zero-order valence-corrected chi connectivity index (χ0v) is 9.93. The van der Waals surface area contributed by atoms with Crippen molar-refractivity contribution in [3.05, 3.63) is 66.5 Å². The molecule has 2 aromatic heterocycles. The monoisotopic (exact) mass is 221 g/mol. The number of benzene rings is 1. The summed E-state index contributed by atoms with van der Waals surface area (Å²) < 4.78 is 2.21. The van der Waals surface area contributed by atoms with Crippen molar-refractivity contribution in [1.29, 1.82) is 0 Å². The van der Waals surface area contributed by atoms with Gasteiger partial charge in [-0.3, -0.25) is 0 Å². The van der Waals surface area contributed by atoms with Crippen LogP contribution < -0.4 is 0 Å². The molecule has 0 aliphatic heterocycles. The van der Waals surface area contributed by atoms with E-state index in [2.05, 4.69) is 72.2 Å². The van der Waals surface area contributed by atoms with Crippen molar-refractivity contribution in [3.8, 4) is 11.1 Å². The van der Waals surface area contributed by atoms with Crippen LogP contribution >= 0.6 is 0 Å². The fourth-order valence-electron chi connectivity index (χ4n) is 2.15. The summed E-state index contributed by atoms with van der Waals surface area (Å²) in [5.74, 6) is 0. The Balaban J connectivity index is 2.14. The number of hydrogen-bond acceptors (Lipinski definition) is 0. The second kappa shape index (κ2) is 4.10. The van der Waals surface area contributed by atoms with Gasteiger partial charge < -0.3 is 4.40 Å². The highest BCUT2D eigenvalue weighted by Gasteiger charge is 2.01. The minimum absolute atomic E-state index is 1.08. The van der Waals surface area contributed by atoms with Crippen LogP contribution in [-0.2, 0) is 6.42 Å². The van der Waals surface area contributed by atoms with Crippen LogP contribution in [0.4, 0.5) is 0 Å². The smallest absolute Gasteiger partial charge is 0.0456 e. The molecule has 1 nitrogen and oxygen atoms in total. The predicted octanol–water partition coefficient (Wildman–Crippen LogP) is 4.17. The molecule has 3 aromatic rings. The van der Waals surface area contributed by atoms with Gasteiger partial charge in [0.2, 0.25) is 0 Å². The minimum atomic E-state index is 1.08. The molecule has 1 heteroatoms. The summed E-state index contributed by atoms with van der Waals surface area (Å²) in [4.78, 5) is 0. The molecule has 0 bridgehead atoms.